The quantitative estimate of drug-likeness (QED) is 0.492. The predicted octanol–water partition coefficient (Wildman–Crippen LogP) is 5.71. The number of benzene rings is 2. The maximum Gasteiger partial charge on any atom is 0.265 e. The first-order chi connectivity index (χ1) is 13.8. The first kappa shape index (κ1) is 19.9. The molecule has 8 heteroatoms. The lowest BCUT2D eigenvalue weighted by molar-refractivity contribution is 0.0653. The monoisotopic (exact) mass is 437 g/mol. The van der Waals surface area contributed by atoms with Crippen LogP contribution in [0.1, 0.15) is 32.9 Å². The number of ketones is 1. The van der Waals surface area contributed by atoms with Crippen molar-refractivity contribution < 1.29 is 22.8 Å². The first-order valence-corrected chi connectivity index (χ1v) is 10.2. The maximum atomic E-state index is 13.9. The number of amides is 1. The van der Waals surface area contributed by atoms with Gasteiger partial charge in [0.25, 0.3) is 5.91 Å². The number of rotatable bonds is 3. The molecular weight excluding hydrogens is 423 g/mol. The smallest absolute Gasteiger partial charge is 0.265 e. The molecule has 0 unspecified atom stereocenters. The summed E-state index contributed by atoms with van der Waals surface area (Å²) in [5, 5.41) is 0.906. The van der Waals surface area contributed by atoms with E-state index in [1.807, 2.05) is 0 Å². The van der Waals surface area contributed by atoms with Gasteiger partial charge in [-0.3, -0.25) is 9.59 Å². The summed E-state index contributed by atoms with van der Waals surface area (Å²) < 4.78 is 41.3. The summed E-state index contributed by atoms with van der Waals surface area (Å²) in [7, 11) is 0. The van der Waals surface area contributed by atoms with Gasteiger partial charge in [-0.1, -0.05) is 11.6 Å². The highest BCUT2D eigenvalue weighted by atomic mass is 35.5. The zero-order chi connectivity index (χ0) is 20.7. The minimum absolute atomic E-state index is 0.260. The molecule has 1 aliphatic heterocycles. The summed E-state index contributed by atoms with van der Waals surface area (Å²) in [4.78, 5) is 27.4. The summed E-state index contributed by atoms with van der Waals surface area (Å²) in [6.45, 7) is 0.593. The molecule has 0 bridgehead atoms. The molecule has 0 N–H and O–H groups in total. The van der Waals surface area contributed by atoms with Crippen LogP contribution in [0.3, 0.4) is 0 Å². The lowest BCUT2D eigenvalue weighted by atomic mass is 9.88. The van der Waals surface area contributed by atoms with Crippen LogP contribution in [-0.2, 0) is 0 Å². The molecule has 0 saturated carbocycles. The van der Waals surface area contributed by atoms with E-state index in [4.69, 9.17) is 11.6 Å². The van der Waals surface area contributed by atoms with Gasteiger partial charge in [-0.15, -0.1) is 11.3 Å². The highest BCUT2D eigenvalue weighted by Gasteiger charge is 2.31. The molecule has 1 aliphatic rings. The van der Waals surface area contributed by atoms with Gasteiger partial charge in [0.1, 0.15) is 22.3 Å². The van der Waals surface area contributed by atoms with Gasteiger partial charge in [-0.2, -0.15) is 0 Å². The Morgan fingerprint density at radius 2 is 1.66 bits per heavy atom. The van der Waals surface area contributed by atoms with Crippen LogP contribution in [0.2, 0.25) is 5.02 Å². The third kappa shape index (κ3) is 3.76. The molecule has 150 valence electrons. The highest BCUT2D eigenvalue weighted by molar-refractivity contribution is 7.21. The van der Waals surface area contributed by atoms with Crippen molar-refractivity contribution in [3.05, 3.63) is 69.3 Å². The number of carbonyl (C=O) groups is 2. The lowest BCUT2D eigenvalue weighted by Gasteiger charge is -2.31. The molecule has 29 heavy (non-hydrogen) atoms. The van der Waals surface area contributed by atoms with Gasteiger partial charge in [-0.25, -0.2) is 13.2 Å². The van der Waals surface area contributed by atoms with Crippen molar-refractivity contribution in [3.63, 3.8) is 0 Å². The molecular formula is C21H15ClF3NO2S. The van der Waals surface area contributed by atoms with E-state index in [-0.39, 0.29) is 16.5 Å². The van der Waals surface area contributed by atoms with E-state index in [9.17, 15) is 22.8 Å². The minimum Gasteiger partial charge on any atom is -0.338 e. The fraction of sp³-hybridized carbons (Fsp3) is 0.238. The SMILES string of the molecule is O=C(c1cc(F)ccc1F)C1CCN(C(=O)c2sc3cc(F)ccc3c2Cl)CC1. The Labute approximate surface area is 173 Å². The molecule has 3 nitrogen and oxygen atoms in total. The molecule has 4 rings (SSSR count). The Morgan fingerprint density at radius 3 is 2.38 bits per heavy atom. The molecule has 2 heterocycles. The average molecular weight is 438 g/mol. The zero-order valence-electron chi connectivity index (χ0n) is 15.1. The number of carbonyl (C=O) groups excluding carboxylic acids is 2. The van der Waals surface area contributed by atoms with Crippen LogP contribution in [0, 0.1) is 23.4 Å². The third-order valence-corrected chi connectivity index (χ3v) is 6.78. The number of fused-ring (bicyclic) bond motifs is 1. The van der Waals surface area contributed by atoms with E-state index >= 15 is 0 Å². The molecule has 0 aliphatic carbocycles. The number of nitrogens with zero attached hydrogens (tertiary/aromatic N) is 1. The predicted molar refractivity (Wildman–Crippen MR) is 106 cm³/mol. The van der Waals surface area contributed by atoms with Crippen LogP contribution in [0.25, 0.3) is 10.1 Å². The van der Waals surface area contributed by atoms with E-state index in [0.29, 0.717) is 40.9 Å². The normalized spacial score (nSPS) is 15.1. The van der Waals surface area contributed by atoms with Crippen LogP contribution in [-0.4, -0.2) is 29.7 Å². The van der Waals surface area contributed by atoms with Crippen molar-refractivity contribution in [3.8, 4) is 0 Å². The highest BCUT2D eigenvalue weighted by Crippen LogP contribution is 2.37. The van der Waals surface area contributed by atoms with Crippen LogP contribution >= 0.6 is 22.9 Å². The molecule has 2 aromatic carbocycles. The summed E-state index contributed by atoms with van der Waals surface area (Å²) >= 11 is 7.45. The number of likely N-dealkylation sites (tertiary alicyclic amines) is 1. The van der Waals surface area contributed by atoms with Crippen molar-refractivity contribution >= 4 is 44.7 Å². The summed E-state index contributed by atoms with van der Waals surface area (Å²) in [6, 6.07) is 6.98. The largest absolute Gasteiger partial charge is 0.338 e. The molecule has 1 aromatic heterocycles. The molecule has 0 radical (unpaired) electrons. The number of Topliss-reactive ketones (excluding diaryl/α,β-unsaturated/α-hetero) is 1. The first-order valence-electron chi connectivity index (χ1n) is 9.01. The van der Waals surface area contributed by atoms with Crippen molar-refractivity contribution in [1.29, 1.82) is 0 Å². The Morgan fingerprint density at radius 1 is 1.00 bits per heavy atom. The average Bonchev–Trinajstić information content (AvgIpc) is 3.04. The van der Waals surface area contributed by atoms with E-state index in [1.54, 1.807) is 11.0 Å². The molecule has 1 saturated heterocycles. The number of piperidine rings is 1. The van der Waals surface area contributed by atoms with E-state index < -0.39 is 29.2 Å². The second-order valence-electron chi connectivity index (χ2n) is 6.94. The molecule has 1 amide bonds. The Balaban J connectivity index is 1.48. The second-order valence-corrected chi connectivity index (χ2v) is 8.37. The van der Waals surface area contributed by atoms with Crippen LogP contribution < -0.4 is 0 Å². The number of hydrogen-bond donors (Lipinski definition) is 0. The summed E-state index contributed by atoms with van der Waals surface area (Å²) in [5.41, 5.74) is -0.260. The van der Waals surface area contributed by atoms with Crippen LogP contribution in [0.4, 0.5) is 13.2 Å². The molecule has 3 aromatic rings. The molecule has 1 fully saturated rings. The van der Waals surface area contributed by atoms with Gasteiger partial charge in [0.05, 0.1) is 10.6 Å². The van der Waals surface area contributed by atoms with Gasteiger partial charge < -0.3 is 4.90 Å². The van der Waals surface area contributed by atoms with Crippen LogP contribution in [0.5, 0.6) is 0 Å². The lowest BCUT2D eigenvalue weighted by Crippen LogP contribution is -2.40. The Bertz CT molecular complexity index is 1120. The van der Waals surface area contributed by atoms with Crippen molar-refractivity contribution in [2.45, 2.75) is 12.8 Å². The number of halogens is 4. The summed E-state index contributed by atoms with van der Waals surface area (Å²) in [5.74, 6) is -3.04. The van der Waals surface area contributed by atoms with Crippen molar-refractivity contribution in [2.75, 3.05) is 13.1 Å². The number of hydrogen-bond acceptors (Lipinski definition) is 3. The van der Waals surface area contributed by atoms with E-state index in [2.05, 4.69) is 0 Å². The van der Waals surface area contributed by atoms with Crippen molar-refractivity contribution in [1.82, 2.24) is 4.90 Å². The Kier molecular flexibility index (Phi) is 5.36. The van der Waals surface area contributed by atoms with Gasteiger partial charge in [0, 0.05) is 29.1 Å². The minimum atomic E-state index is -0.751. The van der Waals surface area contributed by atoms with Crippen molar-refractivity contribution in [2.24, 2.45) is 5.92 Å². The number of thiophene rings is 1. The van der Waals surface area contributed by atoms with Gasteiger partial charge in [0.2, 0.25) is 0 Å². The fourth-order valence-electron chi connectivity index (χ4n) is 3.57. The van der Waals surface area contributed by atoms with Gasteiger partial charge >= 0.3 is 0 Å². The fourth-order valence-corrected chi connectivity index (χ4v) is 5.08. The topological polar surface area (TPSA) is 37.4 Å². The van der Waals surface area contributed by atoms with Crippen LogP contribution in [0.15, 0.2) is 36.4 Å². The standard InChI is InChI=1S/C21H15ClF3NO2S/c22-18-14-3-1-13(24)10-17(14)29-20(18)21(28)26-7-5-11(6-8-26)19(27)15-9-12(23)2-4-16(15)25/h1-4,9-11H,5-8H2. The third-order valence-electron chi connectivity index (χ3n) is 5.13. The summed E-state index contributed by atoms with van der Waals surface area (Å²) in [6.07, 6.45) is 0.690. The Hall–Kier alpha value is -2.38. The molecule has 0 atom stereocenters. The maximum absolute atomic E-state index is 13.9. The molecule has 0 spiro atoms. The van der Waals surface area contributed by atoms with E-state index in [0.717, 1.165) is 29.5 Å². The van der Waals surface area contributed by atoms with E-state index in [1.165, 1.54) is 12.1 Å². The second kappa shape index (κ2) is 7.80. The van der Waals surface area contributed by atoms with Gasteiger partial charge in [0.15, 0.2) is 5.78 Å². The zero-order valence-corrected chi connectivity index (χ0v) is 16.6. The van der Waals surface area contributed by atoms with Gasteiger partial charge in [-0.05, 0) is 49.2 Å².